The monoisotopic (exact) mass is 390 g/mol. The Bertz CT molecular complexity index is 618. The molecule has 24 heavy (non-hydrogen) atoms. The van der Waals surface area contributed by atoms with Crippen LogP contribution in [-0.2, 0) is 0 Å². The molecule has 1 aliphatic rings. The second-order valence-corrected chi connectivity index (χ2v) is 8.27. The van der Waals surface area contributed by atoms with Gasteiger partial charge in [-0.2, -0.15) is 0 Å². The largest absolute Gasteiger partial charge is 0.489 e. The fourth-order valence-corrected chi connectivity index (χ4v) is 2.92. The number of fused-ring (bicyclic) bond motifs is 1. The van der Waals surface area contributed by atoms with E-state index in [4.69, 9.17) is 49.0 Å². The van der Waals surface area contributed by atoms with E-state index in [-0.39, 0.29) is 6.79 Å². The van der Waals surface area contributed by atoms with E-state index in [0.717, 1.165) is 35.7 Å². The minimum absolute atomic E-state index is 0.267. The van der Waals surface area contributed by atoms with Crippen molar-refractivity contribution < 1.29 is 14.2 Å². The maximum absolute atomic E-state index is 5.78. The first-order chi connectivity index (χ1) is 11.3. The van der Waals surface area contributed by atoms with Crippen LogP contribution >= 0.6 is 34.8 Å². The summed E-state index contributed by atoms with van der Waals surface area (Å²) in [6.45, 7) is 4.84. The van der Waals surface area contributed by atoms with Crippen molar-refractivity contribution >= 4 is 34.8 Å². The van der Waals surface area contributed by atoms with Crippen LogP contribution < -0.4 is 14.2 Å². The molecule has 0 amide bonds. The molecule has 0 aromatic heterocycles. The second-order valence-electron chi connectivity index (χ2n) is 5.76. The van der Waals surface area contributed by atoms with Gasteiger partial charge < -0.3 is 14.2 Å². The number of allylic oxidation sites excluding steroid dienone is 3. The summed E-state index contributed by atoms with van der Waals surface area (Å²) < 4.78 is 15.1. The Balaban J connectivity index is 1.73. The molecule has 1 aromatic carbocycles. The van der Waals surface area contributed by atoms with Crippen molar-refractivity contribution in [1.82, 2.24) is 0 Å². The Labute approximate surface area is 158 Å². The molecule has 0 fully saturated rings. The summed E-state index contributed by atoms with van der Waals surface area (Å²) in [5.41, 5.74) is 2.34. The number of hydrogen-bond acceptors (Lipinski definition) is 3. The van der Waals surface area contributed by atoms with Crippen LogP contribution in [0, 0.1) is 0 Å². The van der Waals surface area contributed by atoms with Crippen LogP contribution in [0.15, 0.2) is 41.5 Å². The first kappa shape index (κ1) is 19.3. The van der Waals surface area contributed by atoms with Gasteiger partial charge in [-0.05, 0) is 44.9 Å². The summed E-state index contributed by atoms with van der Waals surface area (Å²) in [7, 11) is 0. The normalized spacial score (nSPS) is 14.9. The molecular weight excluding hydrogens is 371 g/mol. The lowest BCUT2D eigenvalue weighted by Gasteiger charge is -2.10. The summed E-state index contributed by atoms with van der Waals surface area (Å²) in [6.07, 6.45) is 6.49. The molecule has 2 rings (SSSR count). The number of ether oxygens (including phenoxy) is 3. The van der Waals surface area contributed by atoms with Crippen molar-refractivity contribution in [2.24, 2.45) is 0 Å². The van der Waals surface area contributed by atoms with E-state index in [1.54, 1.807) is 0 Å². The lowest BCUT2D eigenvalue weighted by atomic mass is 10.1. The van der Waals surface area contributed by atoms with Crippen LogP contribution in [0.4, 0.5) is 0 Å². The van der Waals surface area contributed by atoms with Crippen molar-refractivity contribution in [3.05, 3.63) is 41.5 Å². The molecule has 0 bridgehead atoms. The van der Waals surface area contributed by atoms with Gasteiger partial charge in [0.15, 0.2) is 15.3 Å². The highest BCUT2D eigenvalue weighted by atomic mass is 35.6. The maximum Gasteiger partial charge on any atom is 0.231 e. The minimum Gasteiger partial charge on any atom is -0.489 e. The molecule has 0 saturated carbocycles. The van der Waals surface area contributed by atoms with E-state index < -0.39 is 3.79 Å². The van der Waals surface area contributed by atoms with Gasteiger partial charge in [0.05, 0.1) is 0 Å². The molecule has 0 atom stereocenters. The summed E-state index contributed by atoms with van der Waals surface area (Å²) >= 11 is 17.3. The van der Waals surface area contributed by atoms with E-state index >= 15 is 0 Å². The highest BCUT2D eigenvalue weighted by molar-refractivity contribution is 6.67. The van der Waals surface area contributed by atoms with E-state index in [0.29, 0.717) is 13.0 Å². The highest BCUT2D eigenvalue weighted by Gasteiger charge is 2.19. The van der Waals surface area contributed by atoms with Crippen LogP contribution in [0.2, 0.25) is 0 Å². The smallest absolute Gasteiger partial charge is 0.231 e. The van der Waals surface area contributed by atoms with Gasteiger partial charge in [0.1, 0.15) is 12.4 Å². The topological polar surface area (TPSA) is 27.7 Å². The van der Waals surface area contributed by atoms with Crippen molar-refractivity contribution in [3.63, 3.8) is 0 Å². The maximum atomic E-state index is 5.78. The molecule has 0 saturated heterocycles. The third-order valence-corrected chi connectivity index (χ3v) is 3.94. The SMILES string of the molecule is CC(=CCOc1ccc2c(c1)OCO2)CCC=C(C)CC(Cl)(Cl)Cl. The van der Waals surface area contributed by atoms with Gasteiger partial charge in [0.2, 0.25) is 6.79 Å². The number of alkyl halides is 3. The fraction of sp³-hybridized carbons (Fsp3) is 0.444. The zero-order valence-electron chi connectivity index (χ0n) is 13.8. The van der Waals surface area contributed by atoms with Crippen LogP contribution in [0.5, 0.6) is 17.2 Å². The Hall–Kier alpha value is -1.03. The number of halogens is 3. The lowest BCUT2D eigenvalue weighted by molar-refractivity contribution is 0.174. The Morgan fingerprint density at radius 3 is 2.62 bits per heavy atom. The fourth-order valence-electron chi connectivity index (χ4n) is 2.28. The first-order valence-electron chi connectivity index (χ1n) is 7.74. The lowest BCUT2D eigenvalue weighted by Crippen LogP contribution is -2.01. The molecule has 0 unspecified atom stereocenters. The average molecular weight is 392 g/mol. The molecule has 0 aliphatic carbocycles. The Morgan fingerprint density at radius 2 is 1.88 bits per heavy atom. The average Bonchev–Trinajstić information content (AvgIpc) is 2.93. The molecule has 1 aromatic rings. The molecule has 1 aliphatic heterocycles. The van der Waals surface area contributed by atoms with Crippen LogP contribution in [-0.4, -0.2) is 17.2 Å². The van der Waals surface area contributed by atoms with Gasteiger partial charge in [-0.15, -0.1) is 0 Å². The Kier molecular flexibility index (Phi) is 7.15. The summed E-state index contributed by atoms with van der Waals surface area (Å²) in [6, 6.07) is 5.57. The van der Waals surface area contributed by atoms with Crippen molar-refractivity contribution in [3.8, 4) is 17.2 Å². The van der Waals surface area contributed by atoms with Gasteiger partial charge in [-0.25, -0.2) is 0 Å². The third kappa shape index (κ3) is 6.84. The van der Waals surface area contributed by atoms with Gasteiger partial charge in [-0.3, -0.25) is 0 Å². The zero-order chi connectivity index (χ0) is 17.6. The zero-order valence-corrected chi connectivity index (χ0v) is 16.0. The van der Waals surface area contributed by atoms with Crippen LogP contribution in [0.25, 0.3) is 0 Å². The van der Waals surface area contributed by atoms with Gasteiger partial charge in [0, 0.05) is 12.5 Å². The molecular formula is C18H21Cl3O3. The second kappa shape index (κ2) is 8.89. The predicted molar refractivity (Wildman–Crippen MR) is 99.7 cm³/mol. The Morgan fingerprint density at radius 1 is 1.12 bits per heavy atom. The summed E-state index contributed by atoms with van der Waals surface area (Å²) in [4.78, 5) is 0. The third-order valence-electron chi connectivity index (χ3n) is 3.54. The quantitative estimate of drug-likeness (QED) is 0.407. The van der Waals surface area contributed by atoms with Crippen molar-refractivity contribution in [1.29, 1.82) is 0 Å². The minimum atomic E-state index is -1.22. The molecule has 3 nitrogen and oxygen atoms in total. The van der Waals surface area contributed by atoms with Gasteiger partial charge in [-0.1, -0.05) is 52.0 Å². The molecule has 132 valence electrons. The molecule has 1 heterocycles. The number of rotatable bonds is 7. The highest BCUT2D eigenvalue weighted by Crippen LogP contribution is 2.35. The number of hydrogen-bond donors (Lipinski definition) is 0. The summed E-state index contributed by atoms with van der Waals surface area (Å²) in [5, 5.41) is 0. The standard InChI is InChI=1S/C18H21Cl3O3/c1-13(4-3-5-14(2)11-18(19,20)21)8-9-22-15-6-7-16-17(10-15)24-12-23-16/h5-8,10H,3-4,9,11-12H2,1-2H3. The van der Waals surface area contributed by atoms with Crippen molar-refractivity contribution in [2.75, 3.05) is 13.4 Å². The van der Waals surface area contributed by atoms with Crippen LogP contribution in [0.1, 0.15) is 33.1 Å². The predicted octanol–water partition coefficient (Wildman–Crippen LogP) is 6.23. The van der Waals surface area contributed by atoms with Crippen molar-refractivity contribution in [2.45, 2.75) is 36.9 Å². The van der Waals surface area contributed by atoms with Crippen LogP contribution in [0.3, 0.4) is 0 Å². The number of benzene rings is 1. The van der Waals surface area contributed by atoms with E-state index in [2.05, 4.69) is 19.1 Å². The molecule has 0 spiro atoms. The molecule has 6 heteroatoms. The van der Waals surface area contributed by atoms with E-state index in [1.807, 2.05) is 25.1 Å². The molecule has 0 radical (unpaired) electrons. The van der Waals surface area contributed by atoms with Gasteiger partial charge in [0.25, 0.3) is 0 Å². The van der Waals surface area contributed by atoms with Gasteiger partial charge >= 0.3 is 0 Å². The van der Waals surface area contributed by atoms with E-state index in [9.17, 15) is 0 Å². The van der Waals surface area contributed by atoms with E-state index in [1.165, 1.54) is 5.57 Å². The summed E-state index contributed by atoms with van der Waals surface area (Å²) in [5.74, 6) is 2.25. The molecule has 0 N–H and O–H groups in total. The first-order valence-corrected chi connectivity index (χ1v) is 8.87.